The standard InChI is InChI=1S/C7H17NOS/c1-6(2)5-7(8)3-4-10-9/h6-7,9H,3-5,8H2,1-2H3/t7-/m0/s1. The number of hydrogen-bond donors (Lipinski definition) is 2. The molecule has 0 aliphatic heterocycles. The number of rotatable bonds is 5. The van der Waals surface area contributed by atoms with Gasteiger partial charge in [-0.1, -0.05) is 13.8 Å². The van der Waals surface area contributed by atoms with Crippen LogP contribution in [-0.2, 0) is 0 Å². The maximum atomic E-state index is 8.41. The molecule has 0 saturated carbocycles. The molecule has 3 N–H and O–H groups in total. The quantitative estimate of drug-likeness (QED) is 0.609. The van der Waals surface area contributed by atoms with Crippen molar-refractivity contribution < 1.29 is 4.55 Å². The van der Waals surface area contributed by atoms with Crippen LogP contribution in [0, 0.1) is 5.92 Å². The molecule has 0 rings (SSSR count). The Morgan fingerprint density at radius 1 is 1.50 bits per heavy atom. The zero-order valence-electron chi connectivity index (χ0n) is 6.71. The van der Waals surface area contributed by atoms with Crippen LogP contribution in [0.1, 0.15) is 26.7 Å². The summed E-state index contributed by atoms with van der Waals surface area (Å²) < 4.78 is 8.41. The molecule has 0 heterocycles. The van der Waals surface area contributed by atoms with Crippen LogP contribution in [0.2, 0.25) is 0 Å². The Balaban J connectivity index is 3.16. The van der Waals surface area contributed by atoms with Gasteiger partial charge < -0.3 is 10.3 Å². The van der Waals surface area contributed by atoms with Crippen molar-refractivity contribution in [1.29, 1.82) is 0 Å². The summed E-state index contributed by atoms with van der Waals surface area (Å²) >= 11 is 0.877. The third-order valence-corrected chi connectivity index (χ3v) is 1.77. The Morgan fingerprint density at radius 2 is 2.10 bits per heavy atom. The van der Waals surface area contributed by atoms with Crippen molar-refractivity contribution in [2.75, 3.05) is 5.75 Å². The van der Waals surface area contributed by atoms with Crippen LogP contribution >= 0.6 is 12.0 Å². The second kappa shape index (κ2) is 6.01. The van der Waals surface area contributed by atoms with Crippen molar-refractivity contribution in [3.8, 4) is 0 Å². The molecule has 0 aromatic carbocycles. The summed E-state index contributed by atoms with van der Waals surface area (Å²) in [4.78, 5) is 0. The highest BCUT2D eigenvalue weighted by Crippen LogP contribution is 2.07. The Morgan fingerprint density at radius 3 is 2.50 bits per heavy atom. The largest absolute Gasteiger partial charge is 0.330 e. The van der Waals surface area contributed by atoms with E-state index in [2.05, 4.69) is 13.8 Å². The summed E-state index contributed by atoms with van der Waals surface area (Å²) in [6.07, 6.45) is 1.97. The maximum Gasteiger partial charge on any atom is 0.0210 e. The second-order valence-electron chi connectivity index (χ2n) is 3.01. The van der Waals surface area contributed by atoms with E-state index < -0.39 is 0 Å². The number of nitrogens with two attached hydrogens (primary N) is 1. The first-order chi connectivity index (χ1) is 4.66. The zero-order chi connectivity index (χ0) is 7.98. The van der Waals surface area contributed by atoms with E-state index >= 15 is 0 Å². The molecule has 0 unspecified atom stereocenters. The van der Waals surface area contributed by atoms with Gasteiger partial charge in [0.25, 0.3) is 0 Å². The molecule has 10 heavy (non-hydrogen) atoms. The van der Waals surface area contributed by atoms with Gasteiger partial charge >= 0.3 is 0 Å². The van der Waals surface area contributed by atoms with Gasteiger partial charge in [-0.05, 0) is 30.8 Å². The molecule has 0 spiro atoms. The van der Waals surface area contributed by atoms with Crippen LogP contribution in [0.5, 0.6) is 0 Å². The van der Waals surface area contributed by atoms with E-state index in [0.29, 0.717) is 5.92 Å². The summed E-state index contributed by atoms with van der Waals surface area (Å²) in [5, 5.41) is 0. The predicted molar refractivity (Wildman–Crippen MR) is 47.1 cm³/mol. The van der Waals surface area contributed by atoms with Gasteiger partial charge in [-0.2, -0.15) is 0 Å². The predicted octanol–water partition coefficient (Wildman–Crippen LogP) is 1.96. The Bertz CT molecular complexity index is 78.0. The molecule has 0 saturated heterocycles. The van der Waals surface area contributed by atoms with Crippen LogP contribution in [0.4, 0.5) is 0 Å². The van der Waals surface area contributed by atoms with Gasteiger partial charge in [-0.25, -0.2) is 0 Å². The molecule has 0 radical (unpaired) electrons. The van der Waals surface area contributed by atoms with E-state index in [9.17, 15) is 0 Å². The lowest BCUT2D eigenvalue weighted by atomic mass is 10.0. The van der Waals surface area contributed by atoms with E-state index in [4.69, 9.17) is 10.3 Å². The molecular weight excluding hydrogens is 146 g/mol. The highest BCUT2D eigenvalue weighted by atomic mass is 32.2. The molecule has 0 amide bonds. The zero-order valence-corrected chi connectivity index (χ0v) is 7.53. The van der Waals surface area contributed by atoms with E-state index in [1.807, 2.05) is 0 Å². The fourth-order valence-corrected chi connectivity index (χ4v) is 1.34. The highest BCUT2D eigenvalue weighted by Gasteiger charge is 2.03. The second-order valence-corrected chi connectivity index (χ2v) is 3.68. The van der Waals surface area contributed by atoms with Crippen molar-refractivity contribution in [1.82, 2.24) is 0 Å². The summed E-state index contributed by atoms with van der Waals surface area (Å²) in [5.41, 5.74) is 5.74. The number of hydrogen-bond acceptors (Lipinski definition) is 3. The average Bonchev–Trinajstić information content (AvgIpc) is 1.82. The van der Waals surface area contributed by atoms with Crippen LogP contribution < -0.4 is 5.73 Å². The van der Waals surface area contributed by atoms with Gasteiger partial charge in [0.05, 0.1) is 0 Å². The van der Waals surface area contributed by atoms with Crippen molar-refractivity contribution in [3.05, 3.63) is 0 Å². The summed E-state index contributed by atoms with van der Waals surface area (Å²) in [7, 11) is 0. The minimum absolute atomic E-state index is 0.264. The monoisotopic (exact) mass is 163 g/mol. The summed E-state index contributed by atoms with van der Waals surface area (Å²) in [6.45, 7) is 4.32. The molecule has 0 aromatic heterocycles. The van der Waals surface area contributed by atoms with Crippen molar-refractivity contribution >= 4 is 12.0 Å². The minimum Gasteiger partial charge on any atom is -0.330 e. The lowest BCUT2D eigenvalue weighted by Crippen LogP contribution is -2.22. The van der Waals surface area contributed by atoms with Gasteiger partial charge in [0, 0.05) is 11.8 Å². The normalized spacial score (nSPS) is 14.1. The molecule has 1 atom stereocenters. The topological polar surface area (TPSA) is 46.2 Å². The maximum absolute atomic E-state index is 8.41. The first kappa shape index (κ1) is 10.3. The van der Waals surface area contributed by atoms with Crippen LogP contribution in [-0.4, -0.2) is 16.3 Å². The summed E-state index contributed by atoms with van der Waals surface area (Å²) in [5.74, 6) is 1.42. The van der Waals surface area contributed by atoms with Gasteiger partial charge in [-0.15, -0.1) is 0 Å². The molecule has 0 bridgehead atoms. The molecule has 0 aromatic rings. The smallest absolute Gasteiger partial charge is 0.0210 e. The van der Waals surface area contributed by atoms with Crippen LogP contribution in [0.3, 0.4) is 0 Å². The van der Waals surface area contributed by atoms with E-state index in [-0.39, 0.29) is 6.04 Å². The third kappa shape index (κ3) is 6.39. The molecule has 2 nitrogen and oxygen atoms in total. The van der Waals surface area contributed by atoms with Crippen LogP contribution in [0.15, 0.2) is 0 Å². The van der Waals surface area contributed by atoms with Crippen molar-refractivity contribution in [2.45, 2.75) is 32.7 Å². The van der Waals surface area contributed by atoms with Gasteiger partial charge in [-0.3, -0.25) is 0 Å². The Hall–Kier alpha value is 0.270. The molecular formula is C7H17NOS. The van der Waals surface area contributed by atoms with E-state index in [1.165, 1.54) is 0 Å². The molecule has 0 aliphatic rings. The van der Waals surface area contributed by atoms with Crippen molar-refractivity contribution in [2.24, 2.45) is 11.7 Å². The van der Waals surface area contributed by atoms with Gasteiger partial charge in [0.2, 0.25) is 0 Å². The fourth-order valence-electron chi connectivity index (χ4n) is 0.927. The van der Waals surface area contributed by atoms with E-state index in [0.717, 1.165) is 30.6 Å². The molecule has 0 aliphatic carbocycles. The van der Waals surface area contributed by atoms with E-state index in [1.54, 1.807) is 0 Å². The lowest BCUT2D eigenvalue weighted by molar-refractivity contribution is 0.486. The van der Waals surface area contributed by atoms with Crippen LogP contribution in [0.25, 0.3) is 0 Å². The third-order valence-electron chi connectivity index (χ3n) is 1.35. The van der Waals surface area contributed by atoms with Crippen molar-refractivity contribution in [3.63, 3.8) is 0 Å². The molecule has 3 heteroatoms. The minimum atomic E-state index is 0.264. The lowest BCUT2D eigenvalue weighted by Gasteiger charge is -2.11. The average molecular weight is 163 g/mol. The molecule has 0 fully saturated rings. The Kier molecular flexibility index (Phi) is 6.17. The van der Waals surface area contributed by atoms with Gasteiger partial charge in [0.15, 0.2) is 0 Å². The molecule has 62 valence electrons. The Labute approximate surface area is 67.4 Å². The SMILES string of the molecule is CC(C)C[C@@H](N)CCSO. The fraction of sp³-hybridized carbons (Fsp3) is 1.00. The first-order valence-electron chi connectivity index (χ1n) is 3.68. The van der Waals surface area contributed by atoms with Gasteiger partial charge in [0.1, 0.15) is 0 Å². The first-order valence-corrected chi connectivity index (χ1v) is 4.63. The highest BCUT2D eigenvalue weighted by molar-refractivity contribution is 7.93. The summed E-state index contributed by atoms with van der Waals surface area (Å²) in [6, 6.07) is 0.264.